The van der Waals surface area contributed by atoms with E-state index < -0.39 is 11.7 Å². The first kappa shape index (κ1) is 24.4. The molecule has 1 aliphatic heterocycles. The van der Waals surface area contributed by atoms with Crippen LogP contribution in [0.5, 0.6) is 11.5 Å². The van der Waals surface area contributed by atoms with Crippen molar-refractivity contribution in [3.05, 3.63) is 69.6 Å². The highest BCUT2D eigenvalue weighted by Crippen LogP contribution is 2.35. The van der Waals surface area contributed by atoms with Crippen LogP contribution in [-0.2, 0) is 25.8 Å². The van der Waals surface area contributed by atoms with Crippen molar-refractivity contribution in [2.24, 2.45) is 0 Å². The van der Waals surface area contributed by atoms with Crippen LogP contribution in [0.4, 0.5) is 24.7 Å². The third-order valence-electron chi connectivity index (χ3n) is 5.48. The van der Waals surface area contributed by atoms with Gasteiger partial charge in [-0.25, -0.2) is 9.97 Å². The topological polar surface area (TPSA) is 103 Å². The summed E-state index contributed by atoms with van der Waals surface area (Å²) in [5.74, 6) is 0.733. The standard InChI is InChI=1S/C23H21ClF3N5O3/c1-34-18-5-3-4-15(19(18)35-2)21(33)32-10-16-17(11-32)30-22(24)31-20(16)29-9-12-6-13(23(25,26)27)8-14(28)7-12/h3-8H,9-11,28H2,1-2H3,(H,29,30,31). The third-order valence-corrected chi connectivity index (χ3v) is 5.65. The van der Waals surface area contributed by atoms with Gasteiger partial charge in [0.2, 0.25) is 5.28 Å². The lowest BCUT2D eigenvalue weighted by atomic mass is 10.1. The monoisotopic (exact) mass is 507 g/mol. The molecule has 2 heterocycles. The summed E-state index contributed by atoms with van der Waals surface area (Å²) in [6, 6.07) is 8.32. The zero-order valence-electron chi connectivity index (χ0n) is 18.7. The maximum atomic E-state index is 13.3. The number of hydrogen-bond acceptors (Lipinski definition) is 7. The molecule has 3 aromatic rings. The molecule has 0 aliphatic carbocycles. The molecule has 184 valence electrons. The van der Waals surface area contributed by atoms with E-state index in [1.165, 1.54) is 20.3 Å². The Morgan fingerprint density at radius 3 is 2.63 bits per heavy atom. The fraction of sp³-hybridized carbons (Fsp3) is 0.261. The number of carbonyl (C=O) groups is 1. The normalized spacial score (nSPS) is 12.9. The quantitative estimate of drug-likeness (QED) is 0.373. The minimum atomic E-state index is -4.52. The van der Waals surface area contributed by atoms with Gasteiger partial charge in [-0.1, -0.05) is 6.07 Å². The number of aromatic nitrogens is 2. The lowest BCUT2D eigenvalue weighted by Gasteiger charge is -2.18. The van der Waals surface area contributed by atoms with E-state index in [4.69, 9.17) is 26.8 Å². The second-order valence-electron chi connectivity index (χ2n) is 7.78. The first-order chi connectivity index (χ1) is 16.6. The van der Waals surface area contributed by atoms with Gasteiger partial charge in [0, 0.05) is 17.8 Å². The summed E-state index contributed by atoms with van der Waals surface area (Å²) in [5.41, 5.74) is 6.58. The van der Waals surface area contributed by atoms with Crippen LogP contribution >= 0.6 is 11.6 Å². The Hall–Kier alpha value is -3.73. The molecule has 0 fully saturated rings. The van der Waals surface area contributed by atoms with E-state index >= 15 is 0 Å². The smallest absolute Gasteiger partial charge is 0.416 e. The zero-order chi connectivity index (χ0) is 25.3. The predicted molar refractivity (Wildman–Crippen MR) is 123 cm³/mol. The molecule has 0 unspecified atom stereocenters. The van der Waals surface area contributed by atoms with Crippen molar-refractivity contribution < 1.29 is 27.4 Å². The van der Waals surface area contributed by atoms with Crippen molar-refractivity contribution in [2.75, 3.05) is 25.3 Å². The lowest BCUT2D eigenvalue weighted by molar-refractivity contribution is -0.137. The van der Waals surface area contributed by atoms with E-state index in [1.807, 2.05) is 0 Å². The maximum absolute atomic E-state index is 13.3. The molecule has 0 saturated heterocycles. The summed E-state index contributed by atoms with van der Waals surface area (Å²) in [5, 5.41) is 2.95. The Morgan fingerprint density at radius 2 is 1.94 bits per heavy atom. The number of nitrogens with one attached hydrogen (secondary N) is 1. The molecule has 1 amide bonds. The van der Waals surface area contributed by atoms with Gasteiger partial charge >= 0.3 is 6.18 Å². The number of nitrogen functional groups attached to an aromatic ring is 1. The molecular formula is C23H21ClF3N5O3. The molecule has 0 spiro atoms. The molecule has 3 N–H and O–H groups in total. The largest absolute Gasteiger partial charge is 0.493 e. The minimum absolute atomic E-state index is 0.00551. The summed E-state index contributed by atoms with van der Waals surface area (Å²) < 4.78 is 50.1. The summed E-state index contributed by atoms with van der Waals surface area (Å²) >= 11 is 6.08. The van der Waals surface area contributed by atoms with E-state index in [1.54, 1.807) is 23.1 Å². The fourth-order valence-electron chi connectivity index (χ4n) is 3.91. The Kier molecular flexibility index (Phi) is 6.62. The van der Waals surface area contributed by atoms with Crippen LogP contribution in [0, 0.1) is 0 Å². The number of para-hydroxylation sites is 1. The Bertz CT molecular complexity index is 1290. The van der Waals surface area contributed by atoms with Crippen molar-refractivity contribution in [2.45, 2.75) is 25.8 Å². The van der Waals surface area contributed by atoms with E-state index in [9.17, 15) is 18.0 Å². The van der Waals surface area contributed by atoms with Crippen LogP contribution in [0.25, 0.3) is 0 Å². The van der Waals surface area contributed by atoms with Gasteiger partial charge in [0.15, 0.2) is 11.5 Å². The summed E-state index contributed by atoms with van der Waals surface area (Å²) in [6.45, 7) is 0.340. The van der Waals surface area contributed by atoms with Gasteiger partial charge < -0.3 is 25.4 Å². The highest BCUT2D eigenvalue weighted by Gasteiger charge is 2.32. The third kappa shape index (κ3) is 5.04. The molecule has 2 aromatic carbocycles. The van der Waals surface area contributed by atoms with Crippen molar-refractivity contribution in [3.8, 4) is 11.5 Å². The number of nitrogens with zero attached hydrogens (tertiary/aromatic N) is 3. The van der Waals surface area contributed by atoms with Gasteiger partial charge in [-0.05, 0) is 47.5 Å². The van der Waals surface area contributed by atoms with Crippen LogP contribution in [0.2, 0.25) is 5.28 Å². The average Bonchev–Trinajstić information content (AvgIpc) is 3.24. The number of hydrogen-bond donors (Lipinski definition) is 2. The van der Waals surface area contributed by atoms with Crippen molar-refractivity contribution in [3.63, 3.8) is 0 Å². The second-order valence-corrected chi connectivity index (χ2v) is 8.12. The predicted octanol–water partition coefficient (Wildman–Crippen LogP) is 4.52. The number of alkyl halides is 3. The number of anilines is 2. The number of rotatable bonds is 6. The van der Waals surface area contributed by atoms with Crippen LogP contribution in [0.3, 0.4) is 0 Å². The number of amides is 1. The van der Waals surface area contributed by atoms with E-state index in [2.05, 4.69) is 15.3 Å². The molecule has 0 atom stereocenters. The number of carbonyl (C=O) groups excluding carboxylic acids is 1. The molecule has 12 heteroatoms. The Labute approximate surface area is 203 Å². The molecule has 1 aromatic heterocycles. The van der Waals surface area contributed by atoms with Gasteiger partial charge in [-0.15, -0.1) is 0 Å². The number of benzene rings is 2. The van der Waals surface area contributed by atoms with Crippen LogP contribution in [-0.4, -0.2) is 35.0 Å². The van der Waals surface area contributed by atoms with Crippen LogP contribution < -0.4 is 20.5 Å². The number of ether oxygens (including phenoxy) is 2. The van der Waals surface area contributed by atoms with E-state index in [-0.39, 0.29) is 36.5 Å². The zero-order valence-corrected chi connectivity index (χ0v) is 19.5. The Morgan fingerprint density at radius 1 is 1.17 bits per heavy atom. The molecular weight excluding hydrogens is 487 g/mol. The van der Waals surface area contributed by atoms with E-state index in [0.717, 1.165) is 12.1 Å². The number of methoxy groups -OCH3 is 2. The molecule has 1 aliphatic rings. The number of halogens is 4. The molecule has 4 rings (SSSR count). The SMILES string of the molecule is COc1cccc(C(=O)N2Cc3nc(Cl)nc(NCc4cc(N)cc(C(F)(F)F)c4)c3C2)c1OC. The van der Waals surface area contributed by atoms with Gasteiger partial charge in [0.05, 0.1) is 44.1 Å². The van der Waals surface area contributed by atoms with Gasteiger partial charge in [0.25, 0.3) is 5.91 Å². The van der Waals surface area contributed by atoms with Crippen molar-refractivity contribution in [1.82, 2.24) is 14.9 Å². The maximum Gasteiger partial charge on any atom is 0.416 e. The number of fused-ring (bicyclic) bond motifs is 1. The molecule has 0 saturated carbocycles. The van der Waals surface area contributed by atoms with E-state index in [0.29, 0.717) is 39.7 Å². The molecule has 0 bridgehead atoms. The van der Waals surface area contributed by atoms with Crippen molar-refractivity contribution in [1.29, 1.82) is 0 Å². The van der Waals surface area contributed by atoms with Crippen LogP contribution in [0.1, 0.15) is 32.7 Å². The average molecular weight is 508 g/mol. The minimum Gasteiger partial charge on any atom is -0.493 e. The van der Waals surface area contributed by atoms with Crippen LogP contribution in [0.15, 0.2) is 36.4 Å². The first-order valence-electron chi connectivity index (χ1n) is 10.4. The highest BCUT2D eigenvalue weighted by molar-refractivity contribution is 6.28. The molecule has 8 nitrogen and oxygen atoms in total. The summed E-state index contributed by atoms with van der Waals surface area (Å²) in [7, 11) is 2.92. The lowest BCUT2D eigenvalue weighted by Crippen LogP contribution is -2.26. The Balaban J connectivity index is 1.57. The summed E-state index contributed by atoms with van der Waals surface area (Å²) in [4.78, 5) is 23.2. The molecule has 35 heavy (non-hydrogen) atoms. The fourth-order valence-corrected chi connectivity index (χ4v) is 4.10. The van der Waals surface area contributed by atoms with Gasteiger partial charge in [-0.3, -0.25) is 4.79 Å². The number of nitrogens with two attached hydrogens (primary N) is 1. The van der Waals surface area contributed by atoms with Gasteiger partial charge in [0.1, 0.15) is 5.82 Å². The van der Waals surface area contributed by atoms with Crippen molar-refractivity contribution >= 4 is 29.0 Å². The second kappa shape index (κ2) is 9.49. The molecule has 0 radical (unpaired) electrons. The summed E-state index contributed by atoms with van der Waals surface area (Å²) in [6.07, 6.45) is -4.52. The highest BCUT2D eigenvalue weighted by atomic mass is 35.5. The van der Waals surface area contributed by atoms with Gasteiger partial charge in [-0.2, -0.15) is 13.2 Å². The first-order valence-corrected chi connectivity index (χ1v) is 10.7.